The molecule has 0 aromatic heterocycles. The van der Waals surface area contributed by atoms with Gasteiger partial charge in [0.1, 0.15) is 0 Å². The van der Waals surface area contributed by atoms with Crippen LogP contribution in [0, 0.1) is 0 Å². The van der Waals surface area contributed by atoms with Crippen LogP contribution >= 0.6 is 0 Å². The van der Waals surface area contributed by atoms with Crippen LogP contribution in [0.2, 0.25) is 0 Å². The van der Waals surface area contributed by atoms with E-state index in [-0.39, 0.29) is 11.7 Å². The maximum Gasteiger partial charge on any atom is 0.241 e. The molecule has 0 bridgehead atoms. The summed E-state index contributed by atoms with van der Waals surface area (Å²) in [6, 6.07) is 15.2. The lowest BCUT2D eigenvalue weighted by molar-refractivity contribution is -0.117. The van der Waals surface area contributed by atoms with Gasteiger partial charge in [0.15, 0.2) is 5.78 Å². The number of para-hydroxylation sites is 1. The number of amides is 1. The fraction of sp³-hybridized carbons (Fsp3) is 0.125. The van der Waals surface area contributed by atoms with Crippen LogP contribution in [0.25, 0.3) is 0 Å². The Bertz CT molecular complexity index is 621. The molecule has 0 fully saturated rings. The van der Waals surface area contributed by atoms with Gasteiger partial charge < -0.3 is 11.1 Å². The summed E-state index contributed by atoms with van der Waals surface area (Å²) in [5.41, 5.74) is 7.03. The van der Waals surface area contributed by atoms with E-state index in [1.165, 1.54) is 0 Å². The van der Waals surface area contributed by atoms with Gasteiger partial charge in [-0.2, -0.15) is 0 Å². The summed E-state index contributed by atoms with van der Waals surface area (Å²) in [5, 5.41) is 2.68. The van der Waals surface area contributed by atoms with Crippen LogP contribution < -0.4 is 11.1 Å². The molecule has 3 N–H and O–H groups in total. The second-order valence-electron chi connectivity index (χ2n) is 4.52. The van der Waals surface area contributed by atoms with Crippen molar-refractivity contribution in [2.45, 2.75) is 13.0 Å². The van der Waals surface area contributed by atoms with Crippen LogP contribution in [0.4, 0.5) is 5.69 Å². The molecule has 0 aliphatic carbocycles. The lowest BCUT2D eigenvalue weighted by Crippen LogP contribution is -2.33. The Morgan fingerprint density at radius 3 is 2.25 bits per heavy atom. The van der Waals surface area contributed by atoms with E-state index in [9.17, 15) is 9.59 Å². The lowest BCUT2D eigenvalue weighted by Gasteiger charge is -2.12. The number of nitrogens with two attached hydrogens (primary N) is 1. The summed E-state index contributed by atoms with van der Waals surface area (Å²) in [7, 11) is 0. The Morgan fingerprint density at radius 1 is 1.00 bits per heavy atom. The quantitative estimate of drug-likeness (QED) is 0.835. The van der Waals surface area contributed by atoms with Gasteiger partial charge in [-0.1, -0.05) is 42.5 Å². The maximum atomic E-state index is 12.4. The minimum absolute atomic E-state index is 0.133. The fourth-order valence-corrected chi connectivity index (χ4v) is 1.78. The predicted octanol–water partition coefficient (Wildman–Crippen LogP) is 2.20. The first kappa shape index (κ1) is 14.0. The first-order chi connectivity index (χ1) is 9.59. The van der Waals surface area contributed by atoms with Crippen molar-refractivity contribution in [3.63, 3.8) is 0 Å². The number of nitrogens with one attached hydrogen (secondary N) is 1. The molecule has 1 amide bonds. The lowest BCUT2D eigenvalue weighted by atomic mass is 10.0. The zero-order valence-corrected chi connectivity index (χ0v) is 11.2. The van der Waals surface area contributed by atoms with E-state index in [1.54, 1.807) is 55.5 Å². The topological polar surface area (TPSA) is 72.2 Å². The van der Waals surface area contributed by atoms with Crippen LogP contribution in [-0.2, 0) is 4.79 Å². The third-order valence-electron chi connectivity index (χ3n) is 2.88. The van der Waals surface area contributed by atoms with Gasteiger partial charge >= 0.3 is 0 Å². The smallest absolute Gasteiger partial charge is 0.241 e. The third kappa shape index (κ3) is 3.10. The van der Waals surface area contributed by atoms with E-state index in [2.05, 4.69) is 5.32 Å². The van der Waals surface area contributed by atoms with Gasteiger partial charge in [-0.05, 0) is 19.1 Å². The van der Waals surface area contributed by atoms with E-state index in [0.717, 1.165) is 0 Å². The standard InChI is InChI=1S/C16H16N2O2/c1-11(17)16(20)18-14-10-6-5-9-13(14)15(19)12-7-3-2-4-8-12/h2-11H,17H2,1H3,(H,18,20). The minimum Gasteiger partial charge on any atom is -0.324 e. The molecule has 0 spiro atoms. The average Bonchev–Trinajstić information content (AvgIpc) is 2.48. The number of carbonyl (C=O) groups excluding carboxylic acids is 2. The molecular weight excluding hydrogens is 252 g/mol. The molecule has 2 aromatic carbocycles. The van der Waals surface area contributed by atoms with E-state index >= 15 is 0 Å². The Hall–Kier alpha value is -2.46. The minimum atomic E-state index is -0.630. The molecule has 102 valence electrons. The molecule has 4 nitrogen and oxygen atoms in total. The van der Waals surface area contributed by atoms with Gasteiger partial charge in [0.2, 0.25) is 5.91 Å². The predicted molar refractivity (Wildman–Crippen MR) is 78.6 cm³/mol. The molecule has 0 heterocycles. The van der Waals surface area contributed by atoms with E-state index < -0.39 is 6.04 Å². The van der Waals surface area contributed by atoms with Crippen molar-refractivity contribution in [1.29, 1.82) is 0 Å². The van der Waals surface area contributed by atoms with Crippen molar-refractivity contribution in [1.82, 2.24) is 0 Å². The number of benzene rings is 2. The van der Waals surface area contributed by atoms with Crippen molar-refractivity contribution in [3.05, 3.63) is 65.7 Å². The summed E-state index contributed by atoms with van der Waals surface area (Å²) in [4.78, 5) is 24.1. The number of ketones is 1. The summed E-state index contributed by atoms with van der Waals surface area (Å²) < 4.78 is 0. The van der Waals surface area contributed by atoms with E-state index in [4.69, 9.17) is 5.73 Å². The number of hydrogen-bond acceptors (Lipinski definition) is 3. The number of anilines is 1. The second kappa shape index (κ2) is 6.12. The first-order valence-corrected chi connectivity index (χ1v) is 6.35. The van der Waals surface area contributed by atoms with Gasteiger partial charge in [0.05, 0.1) is 11.7 Å². The Labute approximate surface area is 117 Å². The summed E-state index contributed by atoms with van der Waals surface area (Å²) in [6.45, 7) is 1.59. The van der Waals surface area contributed by atoms with Gasteiger partial charge in [-0.25, -0.2) is 0 Å². The molecule has 0 saturated heterocycles. The fourth-order valence-electron chi connectivity index (χ4n) is 1.78. The monoisotopic (exact) mass is 268 g/mol. The average molecular weight is 268 g/mol. The molecular formula is C16H16N2O2. The number of carbonyl (C=O) groups is 2. The molecule has 1 unspecified atom stereocenters. The van der Waals surface area contributed by atoms with Crippen molar-refractivity contribution in [2.75, 3.05) is 5.32 Å². The Morgan fingerprint density at radius 2 is 1.60 bits per heavy atom. The highest BCUT2D eigenvalue weighted by molar-refractivity contribution is 6.14. The number of hydrogen-bond donors (Lipinski definition) is 2. The summed E-state index contributed by atoms with van der Waals surface area (Å²) in [6.07, 6.45) is 0. The highest BCUT2D eigenvalue weighted by atomic mass is 16.2. The van der Waals surface area contributed by atoms with Crippen molar-refractivity contribution < 1.29 is 9.59 Å². The van der Waals surface area contributed by atoms with Crippen LogP contribution in [0.5, 0.6) is 0 Å². The van der Waals surface area contributed by atoms with Gasteiger partial charge in [-0.3, -0.25) is 9.59 Å². The highest BCUT2D eigenvalue weighted by Crippen LogP contribution is 2.19. The van der Waals surface area contributed by atoms with E-state index in [1.807, 2.05) is 6.07 Å². The number of rotatable bonds is 4. The molecule has 2 rings (SSSR count). The molecule has 1 atom stereocenters. The van der Waals surface area contributed by atoms with Crippen molar-refractivity contribution in [3.8, 4) is 0 Å². The van der Waals surface area contributed by atoms with Crippen LogP contribution in [-0.4, -0.2) is 17.7 Å². The summed E-state index contributed by atoms with van der Waals surface area (Å²) >= 11 is 0. The molecule has 4 heteroatoms. The van der Waals surface area contributed by atoms with Gasteiger partial charge in [0, 0.05) is 11.1 Å². The Balaban J connectivity index is 2.33. The van der Waals surface area contributed by atoms with Gasteiger partial charge in [-0.15, -0.1) is 0 Å². The van der Waals surface area contributed by atoms with Crippen molar-refractivity contribution in [2.24, 2.45) is 5.73 Å². The zero-order valence-electron chi connectivity index (χ0n) is 11.2. The van der Waals surface area contributed by atoms with Crippen LogP contribution in [0.1, 0.15) is 22.8 Å². The summed E-state index contributed by atoms with van der Waals surface area (Å²) in [5.74, 6) is -0.454. The highest BCUT2D eigenvalue weighted by Gasteiger charge is 2.15. The van der Waals surface area contributed by atoms with Crippen molar-refractivity contribution >= 4 is 17.4 Å². The van der Waals surface area contributed by atoms with Crippen LogP contribution in [0.3, 0.4) is 0 Å². The SMILES string of the molecule is CC(N)C(=O)Nc1ccccc1C(=O)c1ccccc1. The third-order valence-corrected chi connectivity index (χ3v) is 2.88. The normalized spacial score (nSPS) is 11.7. The largest absolute Gasteiger partial charge is 0.324 e. The zero-order chi connectivity index (χ0) is 14.5. The molecule has 0 aliphatic heterocycles. The molecule has 0 aliphatic rings. The molecule has 0 radical (unpaired) electrons. The first-order valence-electron chi connectivity index (χ1n) is 6.35. The molecule has 20 heavy (non-hydrogen) atoms. The van der Waals surface area contributed by atoms with Gasteiger partial charge in [0.25, 0.3) is 0 Å². The Kier molecular flexibility index (Phi) is 4.27. The van der Waals surface area contributed by atoms with Crippen LogP contribution in [0.15, 0.2) is 54.6 Å². The maximum absolute atomic E-state index is 12.4. The second-order valence-corrected chi connectivity index (χ2v) is 4.52. The molecule has 2 aromatic rings. The molecule has 0 saturated carbocycles. The van der Waals surface area contributed by atoms with E-state index in [0.29, 0.717) is 16.8 Å².